The van der Waals surface area contributed by atoms with Crippen molar-refractivity contribution in [3.8, 4) is 0 Å². The van der Waals surface area contributed by atoms with Crippen molar-refractivity contribution < 1.29 is 43.5 Å². The molecule has 0 aromatic heterocycles. The normalized spacial score (nSPS) is 18.8. The van der Waals surface area contributed by atoms with Crippen LogP contribution in [0.15, 0.2) is 0 Å². The molecule has 0 spiro atoms. The van der Waals surface area contributed by atoms with E-state index in [4.69, 9.17) is 33.9 Å². The van der Waals surface area contributed by atoms with Gasteiger partial charge in [-0.15, -0.1) is 0 Å². The molecule has 0 aromatic carbocycles. The van der Waals surface area contributed by atoms with Crippen LogP contribution in [0.25, 0.3) is 0 Å². The highest BCUT2D eigenvalue weighted by Gasteiger charge is 2.39. The van der Waals surface area contributed by atoms with Gasteiger partial charge in [0.25, 0.3) is 0 Å². The number of methoxy groups -OCH3 is 4. The Morgan fingerprint density at radius 1 is 0.818 bits per heavy atom. The van der Waals surface area contributed by atoms with Gasteiger partial charge in [0.1, 0.15) is 12.2 Å². The summed E-state index contributed by atoms with van der Waals surface area (Å²) in [7, 11) is -1.87. The van der Waals surface area contributed by atoms with Gasteiger partial charge >= 0.3 is 11.9 Å². The molecule has 4 atom stereocenters. The third-order valence-corrected chi connectivity index (χ3v) is 2.64. The summed E-state index contributed by atoms with van der Waals surface area (Å²) >= 11 is 0. The molecule has 0 aliphatic rings. The van der Waals surface area contributed by atoms with Crippen molar-refractivity contribution >= 4 is 11.9 Å². The molecule has 0 saturated heterocycles. The molecular weight excluding hydrogens is 296 g/mol. The van der Waals surface area contributed by atoms with Gasteiger partial charge in [-0.25, -0.2) is 0 Å². The van der Waals surface area contributed by atoms with Crippen molar-refractivity contribution in [3.63, 3.8) is 0 Å². The monoisotopic (exact) mass is 326 g/mol. The lowest BCUT2D eigenvalue weighted by atomic mass is 10.0. The Labute approximate surface area is 136 Å². The molecule has 0 aliphatic carbocycles. The van der Waals surface area contributed by atoms with Crippen LogP contribution in [-0.4, -0.2) is 77.9 Å². The maximum absolute atomic E-state index is 11.4. The summed E-state index contributed by atoms with van der Waals surface area (Å²) in [5, 5.41) is 0. The van der Waals surface area contributed by atoms with Crippen LogP contribution in [0.2, 0.25) is 0 Å². The summed E-state index contributed by atoms with van der Waals surface area (Å²) in [6.45, 7) is 1.88. The van der Waals surface area contributed by atoms with E-state index < -0.39 is 64.7 Å². The standard InChI is InChI=1S/C14H26O8/c1-9(15)21-11(7-17-3)13(19-5)14(20-6)12(8-18-4)22-10(2)16/h11-14H,7-8H2,1-6H3/t11-,12-,13-,14-/m1/s1/i3D,4D,5D,6D. The fraction of sp³-hybridized carbons (Fsp3) is 0.857. The first-order valence-corrected chi connectivity index (χ1v) is 6.31. The van der Waals surface area contributed by atoms with Gasteiger partial charge < -0.3 is 28.4 Å². The summed E-state index contributed by atoms with van der Waals surface area (Å²) < 4.78 is 59.6. The molecule has 0 amide bonds. The molecule has 22 heavy (non-hydrogen) atoms. The molecule has 0 bridgehead atoms. The minimum Gasteiger partial charge on any atom is -0.457 e. The first-order valence-electron chi connectivity index (χ1n) is 9.14. The van der Waals surface area contributed by atoms with Crippen LogP contribution >= 0.6 is 0 Å². The molecule has 0 aromatic rings. The van der Waals surface area contributed by atoms with Gasteiger partial charge in [0, 0.05) is 42.2 Å². The molecular formula is C14H26O8. The van der Waals surface area contributed by atoms with Gasteiger partial charge in [0.15, 0.2) is 12.2 Å². The fourth-order valence-electron chi connectivity index (χ4n) is 1.88. The maximum atomic E-state index is 11.4. The van der Waals surface area contributed by atoms with Crippen molar-refractivity contribution in [1.29, 1.82) is 0 Å². The minimum atomic E-state index is -1.13. The first-order chi connectivity index (χ1) is 12.4. The van der Waals surface area contributed by atoms with E-state index >= 15 is 0 Å². The maximum Gasteiger partial charge on any atom is 0.303 e. The van der Waals surface area contributed by atoms with E-state index in [9.17, 15) is 9.59 Å². The average Bonchev–Trinajstić information content (AvgIpc) is 2.58. The topological polar surface area (TPSA) is 89.5 Å². The molecule has 0 heterocycles. The van der Waals surface area contributed by atoms with Crippen molar-refractivity contribution in [1.82, 2.24) is 0 Å². The number of hydrogen-bond donors (Lipinski definition) is 0. The second-order valence-corrected chi connectivity index (χ2v) is 4.30. The third kappa shape index (κ3) is 7.17. The SMILES string of the molecule is [2H]COC[C@@H](OC(C)=O)[C@@H](OC[2H])[C@H](OC[2H])[C@@H](COC[2H])OC(C)=O. The Hall–Kier alpha value is -1.22. The average molecular weight is 326 g/mol. The summed E-state index contributed by atoms with van der Waals surface area (Å²) in [4.78, 5) is 22.8. The van der Waals surface area contributed by atoms with Gasteiger partial charge in [-0.05, 0) is 0 Å². The zero-order valence-electron chi connectivity index (χ0n) is 16.8. The number of carbonyl (C=O) groups excluding carboxylic acids is 2. The van der Waals surface area contributed by atoms with Gasteiger partial charge in [0.2, 0.25) is 0 Å². The van der Waals surface area contributed by atoms with Crippen molar-refractivity contribution in [3.05, 3.63) is 0 Å². The number of esters is 2. The summed E-state index contributed by atoms with van der Waals surface area (Å²) in [5.41, 5.74) is 0. The zero-order valence-corrected chi connectivity index (χ0v) is 12.8. The first kappa shape index (κ1) is 14.4. The highest BCUT2D eigenvalue weighted by molar-refractivity contribution is 5.66. The summed E-state index contributed by atoms with van der Waals surface area (Å²) in [5.74, 6) is -1.31. The van der Waals surface area contributed by atoms with Crippen molar-refractivity contribution in [2.24, 2.45) is 0 Å². The van der Waals surface area contributed by atoms with Crippen molar-refractivity contribution in [2.45, 2.75) is 38.3 Å². The zero-order chi connectivity index (χ0) is 19.9. The highest BCUT2D eigenvalue weighted by Crippen LogP contribution is 2.18. The Bertz CT molecular complexity index is 365. The summed E-state index contributed by atoms with van der Waals surface area (Å²) in [6, 6.07) is 0. The fourth-order valence-corrected chi connectivity index (χ4v) is 1.88. The highest BCUT2D eigenvalue weighted by atomic mass is 16.6. The Morgan fingerprint density at radius 3 is 1.50 bits per heavy atom. The van der Waals surface area contributed by atoms with Gasteiger partial charge in [-0.1, -0.05) is 0 Å². The smallest absolute Gasteiger partial charge is 0.303 e. The Kier molecular flexibility index (Phi) is 7.42. The molecule has 0 rings (SSSR count). The predicted octanol–water partition coefficient (Wildman–Crippen LogP) is 0.173. The number of ether oxygens (including phenoxy) is 6. The van der Waals surface area contributed by atoms with Crippen LogP contribution < -0.4 is 0 Å². The van der Waals surface area contributed by atoms with Crippen LogP contribution in [-0.2, 0) is 38.0 Å². The van der Waals surface area contributed by atoms with Crippen LogP contribution in [0.1, 0.15) is 19.3 Å². The Balaban J connectivity index is 5.62. The van der Waals surface area contributed by atoms with Gasteiger partial charge in [-0.2, -0.15) is 0 Å². The van der Waals surface area contributed by atoms with Gasteiger partial charge in [-0.3, -0.25) is 9.59 Å². The van der Waals surface area contributed by atoms with E-state index in [1.807, 2.05) is 0 Å². The summed E-state index contributed by atoms with van der Waals surface area (Å²) in [6.07, 6.45) is -4.42. The van der Waals surface area contributed by atoms with E-state index in [0.717, 1.165) is 0 Å². The molecule has 8 nitrogen and oxygen atoms in total. The van der Waals surface area contributed by atoms with E-state index in [1.165, 1.54) is 13.8 Å². The molecule has 130 valence electrons. The molecule has 0 saturated carbocycles. The molecule has 0 radical (unpaired) electrons. The number of carbonyl (C=O) groups is 2. The van der Waals surface area contributed by atoms with E-state index in [1.54, 1.807) is 0 Å². The van der Waals surface area contributed by atoms with Crippen LogP contribution in [0.5, 0.6) is 0 Å². The molecule has 0 N–H and O–H groups in total. The Morgan fingerprint density at radius 2 is 1.23 bits per heavy atom. The van der Waals surface area contributed by atoms with E-state index in [0.29, 0.717) is 0 Å². The molecule has 0 aliphatic heterocycles. The minimum absolute atomic E-state index is 0.225. The van der Waals surface area contributed by atoms with E-state index in [-0.39, 0.29) is 13.2 Å². The van der Waals surface area contributed by atoms with Crippen LogP contribution in [0, 0.1) is 0 Å². The number of hydrogen-bond acceptors (Lipinski definition) is 8. The predicted molar refractivity (Wildman–Crippen MR) is 76.5 cm³/mol. The second kappa shape index (κ2) is 11.4. The largest absolute Gasteiger partial charge is 0.457 e. The molecule has 8 heteroatoms. The number of rotatable bonds is 11. The van der Waals surface area contributed by atoms with Crippen molar-refractivity contribution in [2.75, 3.05) is 41.6 Å². The van der Waals surface area contributed by atoms with E-state index in [2.05, 4.69) is 0 Å². The lowest BCUT2D eigenvalue weighted by molar-refractivity contribution is -0.190. The molecule has 0 fully saturated rings. The lowest BCUT2D eigenvalue weighted by Crippen LogP contribution is -2.52. The van der Waals surface area contributed by atoms with Crippen LogP contribution in [0.4, 0.5) is 0 Å². The quantitative estimate of drug-likeness (QED) is 0.497. The molecule has 0 unspecified atom stereocenters. The third-order valence-electron chi connectivity index (χ3n) is 2.64. The van der Waals surface area contributed by atoms with Gasteiger partial charge in [0.05, 0.1) is 18.7 Å². The second-order valence-electron chi connectivity index (χ2n) is 4.30. The lowest BCUT2D eigenvalue weighted by Gasteiger charge is -2.34. The van der Waals surface area contributed by atoms with Crippen LogP contribution in [0.3, 0.4) is 0 Å².